The monoisotopic (exact) mass is 576 g/mol. The predicted octanol–water partition coefficient (Wildman–Crippen LogP) is 2.45. The van der Waals surface area contributed by atoms with Gasteiger partial charge >= 0.3 is 0 Å². The highest BCUT2D eigenvalue weighted by molar-refractivity contribution is 14.0. The number of nitrogens with zero attached hydrogens (tertiary/aromatic N) is 4. The van der Waals surface area contributed by atoms with Crippen molar-refractivity contribution in [1.82, 2.24) is 15.5 Å². The van der Waals surface area contributed by atoms with E-state index in [0.717, 1.165) is 37.3 Å². The summed E-state index contributed by atoms with van der Waals surface area (Å²) < 4.78 is 0. The fourth-order valence-corrected chi connectivity index (χ4v) is 4.25. The third-order valence-corrected chi connectivity index (χ3v) is 6.17. The number of anilines is 2. The Hall–Kier alpha value is -2.82. The normalized spacial score (nSPS) is 16.3. The number of guanidine groups is 1. The Kier molecular flexibility index (Phi) is 9.55. The minimum absolute atomic E-state index is 0. The van der Waals surface area contributed by atoms with Crippen molar-refractivity contribution in [3.05, 3.63) is 60.2 Å². The second-order valence-corrected chi connectivity index (χ2v) is 8.30. The van der Waals surface area contributed by atoms with E-state index in [9.17, 15) is 9.59 Å². The van der Waals surface area contributed by atoms with Crippen molar-refractivity contribution in [2.24, 2.45) is 4.99 Å². The van der Waals surface area contributed by atoms with E-state index < -0.39 is 0 Å². The number of carbonyl (C=O) groups excluding carboxylic acids is 2. The average Bonchev–Trinajstić information content (AvgIpc) is 3.30. The van der Waals surface area contributed by atoms with E-state index in [2.05, 4.69) is 32.7 Å². The summed E-state index contributed by atoms with van der Waals surface area (Å²) in [7, 11) is 1.69. The minimum Gasteiger partial charge on any atom is -0.368 e. The molecule has 0 unspecified atom stereocenters. The van der Waals surface area contributed by atoms with Crippen LogP contribution >= 0.6 is 24.0 Å². The van der Waals surface area contributed by atoms with Crippen LogP contribution in [0.5, 0.6) is 0 Å². The van der Waals surface area contributed by atoms with Crippen molar-refractivity contribution in [3.63, 3.8) is 0 Å². The van der Waals surface area contributed by atoms with Crippen molar-refractivity contribution < 1.29 is 9.59 Å². The Morgan fingerprint density at radius 3 is 2.24 bits per heavy atom. The Bertz CT molecular complexity index is 975. The summed E-state index contributed by atoms with van der Waals surface area (Å²) in [6.07, 6.45) is 1.55. The maximum Gasteiger partial charge on any atom is 0.242 e. The fraction of sp³-hybridized carbons (Fsp3) is 0.400. The van der Waals surface area contributed by atoms with Crippen LogP contribution in [-0.2, 0) is 16.1 Å². The molecule has 34 heavy (non-hydrogen) atoms. The van der Waals surface area contributed by atoms with Crippen LogP contribution in [0.15, 0.2) is 59.6 Å². The molecule has 0 aliphatic carbocycles. The SMILES string of the molecule is CN=C(NCC(=O)N1CCN(c2ccccc2)CC1)NCc1ccc(N2CCCC2=O)cc1.I. The molecule has 2 aliphatic rings. The lowest BCUT2D eigenvalue weighted by atomic mass is 10.2. The molecule has 0 atom stereocenters. The highest BCUT2D eigenvalue weighted by Crippen LogP contribution is 2.21. The first-order valence-electron chi connectivity index (χ1n) is 11.6. The number of para-hydroxylation sites is 1. The molecule has 0 radical (unpaired) electrons. The zero-order valence-corrected chi connectivity index (χ0v) is 21.9. The molecule has 0 spiro atoms. The molecule has 0 saturated carbocycles. The molecular weight excluding hydrogens is 543 g/mol. The first-order chi connectivity index (χ1) is 16.1. The molecule has 2 amide bonds. The lowest BCUT2D eigenvalue weighted by Gasteiger charge is -2.36. The summed E-state index contributed by atoms with van der Waals surface area (Å²) in [5.41, 5.74) is 3.23. The minimum atomic E-state index is 0. The molecule has 9 heteroatoms. The summed E-state index contributed by atoms with van der Waals surface area (Å²) >= 11 is 0. The maximum absolute atomic E-state index is 12.7. The Morgan fingerprint density at radius 2 is 1.62 bits per heavy atom. The molecule has 2 aromatic carbocycles. The van der Waals surface area contributed by atoms with E-state index in [-0.39, 0.29) is 42.3 Å². The van der Waals surface area contributed by atoms with Crippen molar-refractivity contribution in [1.29, 1.82) is 0 Å². The molecule has 2 heterocycles. The van der Waals surface area contributed by atoms with Gasteiger partial charge in [-0.25, -0.2) is 0 Å². The molecule has 2 saturated heterocycles. The van der Waals surface area contributed by atoms with Gasteiger partial charge in [0, 0.05) is 64.1 Å². The number of hydrogen-bond acceptors (Lipinski definition) is 4. The van der Waals surface area contributed by atoms with Crippen LogP contribution in [0.2, 0.25) is 0 Å². The number of amides is 2. The van der Waals surface area contributed by atoms with Gasteiger partial charge in [-0.05, 0) is 36.2 Å². The lowest BCUT2D eigenvalue weighted by molar-refractivity contribution is -0.130. The topological polar surface area (TPSA) is 80.3 Å². The number of nitrogens with one attached hydrogen (secondary N) is 2. The third-order valence-electron chi connectivity index (χ3n) is 6.17. The van der Waals surface area contributed by atoms with Gasteiger partial charge in [0.1, 0.15) is 0 Å². The lowest BCUT2D eigenvalue weighted by Crippen LogP contribution is -2.52. The van der Waals surface area contributed by atoms with Gasteiger partial charge in [0.15, 0.2) is 5.96 Å². The zero-order chi connectivity index (χ0) is 23.0. The average molecular weight is 576 g/mol. The van der Waals surface area contributed by atoms with E-state index in [1.165, 1.54) is 5.69 Å². The van der Waals surface area contributed by atoms with Crippen molar-refractivity contribution in [2.45, 2.75) is 19.4 Å². The largest absolute Gasteiger partial charge is 0.368 e. The summed E-state index contributed by atoms with van der Waals surface area (Å²) in [5.74, 6) is 0.854. The van der Waals surface area contributed by atoms with Gasteiger partial charge in [0.2, 0.25) is 11.8 Å². The van der Waals surface area contributed by atoms with Gasteiger partial charge in [-0.2, -0.15) is 0 Å². The van der Waals surface area contributed by atoms with Crippen molar-refractivity contribution >= 4 is 53.1 Å². The van der Waals surface area contributed by atoms with Gasteiger partial charge in [-0.3, -0.25) is 14.6 Å². The number of rotatable bonds is 6. The standard InChI is InChI=1S/C25H32N6O2.HI/c1-26-25(27-18-20-9-11-22(12-10-20)31-13-5-8-23(31)32)28-19-24(33)30-16-14-29(15-17-30)21-6-3-2-4-7-21;/h2-4,6-7,9-12H,5,8,13-19H2,1H3,(H2,26,27,28);1H. The van der Waals surface area contributed by atoms with E-state index >= 15 is 0 Å². The van der Waals surface area contributed by atoms with Crippen LogP contribution in [0.4, 0.5) is 11.4 Å². The number of halogens is 1. The molecule has 8 nitrogen and oxygen atoms in total. The smallest absolute Gasteiger partial charge is 0.242 e. The molecule has 2 aromatic rings. The van der Waals surface area contributed by atoms with Gasteiger partial charge in [0.25, 0.3) is 0 Å². The molecule has 2 N–H and O–H groups in total. The van der Waals surface area contributed by atoms with Crippen LogP contribution in [0.1, 0.15) is 18.4 Å². The van der Waals surface area contributed by atoms with Gasteiger partial charge in [-0.1, -0.05) is 30.3 Å². The molecule has 2 aliphatic heterocycles. The summed E-state index contributed by atoms with van der Waals surface area (Å²) in [5, 5.41) is 6.37. The number of carbonyl (C=O) groups is 2. The van der Waals surface area contributed by atoms with E-state index in [4.69, 9.17) is 0 Å². The van der Waals surface area contributed by atoms with Crippen LogP contribution in [0.3, 0.4) is 0 Å². The van der Waals surface area contributed by atoms with E-state index in [0.29, 0.717) is 32.0 Å². The van der Waals surface area contributed by atoms with E-state index in [1.54, 1.807) is 7.05 Å². The first-order valence-corrected chi connectivity index (χ1v) is 11.6. The van der Waals surface area contributed by atoms with Gasteiger partial charge in [-0.15, -0.1) is 24.0 Å². The molecular formula is C25H33IN6O2. The third kappa shape index (κ3) is 6.62. The predicted molar refractivity (Wildman–Crippen MR) is 147 cm³/mol. The number of hydrogen-bond donors (Lipinski definition) is 2. The van der Waals surface area contributed by atoms with Gasteiger partial charge in [0.05, 0.1) is 6.54 Å². The summed E-state index contributed by atoms with van der Waals surface area (Å²) in [6, 6.07) is 18.3. The Morgan fingerprint density at radius 1 is 0.912 bits per heavy atom. The molecule has 0 bridgehead atoms. The fourth-order valence-electron chi connectivity index (χ4n) is 4.25. The highest BCUT2D eigenvalue weighted by Gasteiger charge is 2.22. The number of benzene rings is 2. The number of aliphatic imine (C=N–C) groups is 1. The van der Waals surface area contributed by atoms with E-state index in [1.807, 2.05) is 52.3 Å². The molecule has 2 fully saturated rings. The first kappa shape index (κ1) is 25.8. The maximum atomic E-state index is 12.7. The second kappa shape index (κ2) is 12.6. The second-order valence-electron chi connectivity index (χ2n) is 8.30. The van der Waals surface area contributed by atoms with Crippen molar-refractivity contribution in [2.75, 3.05) is 56.1 Å². The highest BCUT2D eigenvalue weighted by atomic mass is 127. The summed E-state index contributed by atoms with van der Waals surface area (Å²) in [6.45, 7) is 4.69. The summed E-state index contributed by atoms with van der Waals surface area (Å²) in [4.78, 5) is 34.8. The molecule has 4 rings (SSSR count). The Balaban J connectivity index is 0.00000324. The number of piperazine rings is 1. The van der Waals surface area contributed by atoms with Crippen LogP contribution in [0, 0.1) is 0 Å². The van der Waals surface area contributed by atoms with Crippen molar-refractivity contribution in [3.8, 4) is 0 Å². The van der Waals surface area contributed by atoms with Crippen LogP contribution in [0.25, 0.3) is 0 Å². The van der Waals surface area contributed by atoms with Crippen LogP contribution < -0.4 is 20.4 Å². The van der Waals surface area contributed by atoms with Gasteiger partial charge < -0.3 is 25.3 Å². The Labute approximate surface area is 218 Å². The quantitative estimate of drug-likeness (QED) is 0.314. The van der Waals surface area contributed by atoms with Crippen LogP contribution in [-0.4, -0.2) is 69.0 Å². The molecule has 0 aromatic heterocycles. The zero-order valence-electron chi connectivity index (χ0n) is 19.6. The molecule has 182 valence electrons.